The molecule has 2 atom stereocenters. The smallest absolute Gasteiger partial charge is 0.256 e. The van der Waals surface area contributed by atoms with Gasteiger partial charge in [0, 0.05) is 25.2 Å². The van der Waals surface area contributed by atoms with Gasteiger partial charge in [0.2, 0.25) is 0 Å². The monoisotopic (exact) mass is 342 g/mol. The third-order valence-corrected chi connectivity index (χ3v) is 5.07. The molecule has 2 aliphatic heterocycles. The fourth-order valence-corrected chi connectivity index (χ4v) is 3.66. The van der Waals surface area contributed by atoms with Crippen molar-refractivity contribution in [2.45, 2.75) is 0 Å². The number of carbonyl (C=O) groups excluding carboxylic acids is 1. The van der Waals surface area contributed by atoms with Gasteiger partial charge in [-0.3, -0.25) is 9.78 Å². The molecule has 0 aliphatic carbocycles. The Hall–Kier alpha value is -2.47. The average molecular weight is 342 g/mol. The van der Waals surface area contributed by atoms with Gasteiger partial charge in [-0.25, -0.2) is 4.39 Å². The van der Waals surface area contributed by atoms with Crippen LogP contribution in [0.3, 0.4) is 0 Å². The van der Waals surface area contributed by atoms with E-state index in [-0.39, 0.29) is 22.8 Å². The summed E-state index contributed by atoms with van der Waals surface area (Å²) in [6.45, 7) is 2.65. The molecule has 0 spiro atoms. The second-order valence-electron chi connectivity index (χ2n) is 6.72. The van der Waals surface area contributed by atoms with Crippen LogP contribution in [0.25, 0.3) is 0 Å². The molecular weight excluding hydrogens is 323 g/mol. The van der Waals surface area contributed by atoms with Crippen molar-refractivity contribution in [3.8, 4) is 5.75 Å². The minimum Gasteiger partial charge on any atom is -0.491 e. The predicted octanol–water partition coefficient (Wildman–Crippen LogP) is 2.39. The van der Waals surface area contributed by atoms with Gasteiger partial charge in [-0.2, -0.15) is 0 Å². The summed E-state index contributed by atoms with van der Waals surface area (Å²) in [5.41, 5.74) is -0.136. The van der Waals surface area contributed by atoms with E-state index in [2.05, 4.69) is 4.98 Å². The molecule has 1 aromatic carbocycles. The standard InChI is InChI=1S/C19H19FN2O3/c20-17-6-2-1-5-16(17)18(23)22-9-14-10-24-12-19(14,11-22)13-25-15-4-3-7-21-8-15/h1-8,14H,9-13H2/t14-,19+/m1/s1. The van der Waals surface area contributed by atoms with Crippen molar-refractivity contribution in [3.63, 3.8) is 0 Å². The number of carbonyl (C=O) groups is 1. The highest BCUT2D eigenvalue weighted by atomic mass is 19.1. The minimum atomic E-state index is -0.485. The number of aromatic nitrogens is 1. The van der Waals surface area contributed by atoms with Gasteiger partial charge in [0.15, 0.2) is 0 Å². The van der Waals surface area contributed by atoms with Gasteiger partial charge in [-0.05, 0) is 24.3 Å². The lowest BCUT2D eigenvalue weighted by Crippen LogP contribution is -2.38. The van der Waals surface area contributed by atoms with Crippen LogP contribution in [-0.2, 0) is 4.74 Å². The van der Waals surface area contributed by atoms with E-state index in [0.29, 0.717) is 38.7 Å². The molecule has 1 aromatic heterocycles. The van der Waals surface area contributed by atoms with Crippen LogP contribution >= 0.6 is 0 Å². The van der Waals surface area contributed by atoms with Gasteiger partial charge < -0.3 is 14.4 Å². The van der Waals surface area contributed by atoms with Gasteiger partial charge in [0.1, 0.15) is 11.6 Å². The number of nitrogens with zero attached hydrogens (tertiary/aromatic N) is 2. The van der Waals surface area contributed by atoms with E-state index in [4.69, 9.17) is 9.47 Å². The van der Waals surface area contributed by atoms with Crippen molar-refractivity contribution in [2.24, 2.45) is 11.3 Å². The van der Waals surface area contributed by atoms with Gasteiger partial charge in [0.25, 0.3) is 5.91 Å². The largest absolute Gasteiger partial charge is 0.491 e. The molecule has 2 fully saturated rings. The zero-order valence-corrected chi connectivity index (χ0v) is 13.7. The zero-order chi connectivity index (χ0) is 17.3. The zero-order valence-electron chi connectivity index (χ0n) is 13.7. The van der Waals surface area contributed by atoms with Crippen LogP contribution in [0.4, 0.5) is 4.39 Å². The molecule has 0 N–H and O–H groups in total. The first-order chi connectivity index (χ1) is 12.2. The molecule has 5 nitrogen and oxygen atoms in total. The molecule has 3 heterocycles. The first-order valence-electron chi connectivity index (χ1n) is 8.32. The molecule has 0 radical (unpaired) electrons. The minimum absolute atomic E-state index is 0.117. The van der Waals surface area contributed by atoms with E-state index in [1.54, 1.807) is 29.4 Å². The number of hydrogen-bond acceptors (Lipinski definition) is 4. The normalized spacial score (nSPS) is 25.0. The number of benzene rings is 1. The Kier molecular flexibility index (Phi) is 4.13. The maximum absolute atomic E-state index is 13.9. The van der Waals surface area contributed by atoms with E-state index in [1.807, 2.05) is 12.1 Å². The number of amides is 1. The number of halogens is 1. The van der Waals surface area contributed by atoms with Crippen molar-refractivity contribution >= 4 is 5.91 Å². The van der Waals surface area contributed by atoms with Crippen LogP contribution < -0.4 is 4.74 Å². The highest BCUT2D eigenvalue weighted by molar-refractivity contribution is 5.94. The Morgan fingerprint density at radius 3 is 3.04 bits per heavy atom. The third kappa shape index (κ3) is 2.98. The Morgan fingerprint density at radius 2 is 2.24 bits per heavy atom. The van der Waals surface area contributed by atoms with Crippen LogP contribution in [0.1, 0.15) is 10.4 Å². The van der Waals surface area contributed by atoms with Gasteiger partial charge in [-0.1, -0.05) is 12.1 Å². The molecule has 1 amide bonds. The molecule has 0 saturated carbocycles. The third-order valence-electron chi connectivity index (χ3n) is 5.07. The lowest BCUT2D eigenvalue weighted by Gasteiger charge is -2.27. The first kappa shape index (κ1) is 16.0. The van der Waals surface area contributed by atoms with Crippen LogP contribution in [-0.4, -0.2) is 48.7 Å². The SMILES string of the molecule is O=C(c1ccccc1F)N1C[C@@H]2COC[C@]2(COc2cccnc2)C1. The molecule has 2 aliphatic rings. The summed E-state index contributed by atoms with van der Waals surface area (Å²) < 4.78 is 25.5. The fourth-order valence-electron chi connectivity index (χ4n) is 3.66. The molecule has 0 bridgehead atoms. The van der Waals surface area contributed by atoms with Crippen LogP contribution in [0.5, 0.6) is 5.75 Å². The topological polar surface area (TPSA) is 51.7 Å². The Morgan fingerprint density at radius 1 is 1.36 bits per heavy atom. The number of ether oxygens (including phenoxy) is 2. The second-order valence-corrected chi connectivity index (χ2v) is 6.72. The van der Waals surface area contributed by atoms with Crippen LogP contribution in [0.15, 0.2) is 48.8 Å². The maximum atomic E-state index is 13.9. The lowest BCUT2D eigenvalue weighted by molar-refractivity contribution is 0.0656. The van der Waals surface area contributed by atoms with Crippen molar-refractivity contribution in [1.82, 2.24) is 9.88 Å². The molecular formula is C19H19FN2O3. The summed E-state index contributed by atoms with van der Waals surface area (Å²) >= 11 is 0. The summed E-state index contributed by atoms with van der Waals surface area (Å²) in [5.74, 6) is 0.135. The summed E-state index contributed by atoms with van der Waals surface area (Å²) in [6.07, 6.45) is 3.36. The van der Waals surface area contributed by atoms with Crippen LogP contribution in [0, 0.1) is 17.2 Å². The van der Waals surface area contributed by atoms with Crippen molar-refractivity contribution in [1.29, 1.82) is 0 Å². The number of rotatable bonds is 4. The van der Waals surface area contributed by atoms with E-state index >= 15 is 0 Å². The predicted molar refractivity (Wildman–Crippen MR) is 88.8 cm³/mol. The molecule has 130 valence electrons. The Labute approximate surface area is 145 Å². The van der Waals surface area contributed by atoms with E-state index < -0.39 is 5.82 Å². The van der Waals surface area contributed by atoms with Gasteiger partial charge >= 0.3 is 0 Å². The van der Waals surface area contributed by atoms with Gasteiger partial charge in [0.05, 0.1) is 37.0 Å². The number of fused-ring (bicyclic) bond motifs is 1. The fraction of sp³-hybridized carbons (Fsp3) is 0.368. The van der Waals surface area contributed by atoms with Crippen molar-refractivity contribution < 1.29 is 18.7 Å². The molecule has 2 aromatic rings. The van der Waals surface area contributed by atoms with Crippen molar-refractivity contribution in [2.75, 3.05) is 32.9 Å². The van der Waals surface area contributed by atoms with E-state index in [9.17, 15) is 9.18 Å². The number of likely N-dealkylation sites (tertiary alicyclic amines) is 1. The van der Waals surface area contributed by atoms with E-state index in [1.165, 1.54) is 12.1 Å². The molecule has 6 heteroatoms. The lowest BCUT2D eigenvalue weighted by atomic mass is 9.82. The van der Waals surface area contributed by atoms with Crippen molar-refractivity contribution in [3.05, 3.63) is 60.2 Å². The summed E-state index contributed by atoms with van der Waals surface area (Å²) in [6, 6.07) is 9.78. The first-order valence-corrected chi connectivity index (χ1v) is 8.32. The number of hydrogen-bond donors (Lipinski definition) is 0. The summed E-state index contributed by atoms with van der Waals surface area (Å²) in [7, 11) is 0. The van der Waals surface area contributed by atoms with Crippen LogP contribution in [0.2, 0.25) is 0 Å². The number of pyridine rings is 1. The summed E-state index contributed by atoms with van der Waals surface area (Å²) in [4.78, 5) is 18.5. The molecule has 25 heavy (non-hydrogen) atoms. The highest BCUT2D eigenvalue weighted by Gasteiger charge is 2.52. The van der Waals surface area contributed by atoms with E-state index in [0.717, 1.165) is 0 Å². The molecule has 4 rings (SSSR count). The average Bonchev–Trinajstić information content (AvgIpc) is 3.18. The highest BCUT2D eigenvalue weighted by Crippen LogP contribution is 2.42. The molecule has 0 unspecified atom stereocenters. The summed E-state index contributed by atoms with van der Waals surface area (Å²) in [5, 5.41) is 0. The second kappa shape index (κ2) is 6.44. The quantitative estimate of drug-likeness (QED) is 0.856. The Bertz CT molecular complexity index is 770. The Balaban J connectivity index is 1.50. The molecule has 2 saturated heterocycles. The maximum Gasteiger partial charge on any atom is 0.256 e. The van der Waals surface area contributed by atoms with Gasteiger partial charge in [-0.15, -0.1) is 0 Å².